The van der Waals surface area contributed by atoms with E-state index in [-0.39, 0.29) is 29.8 Å². The Hall–Kier alpha value is -2.36. The Labute approximate surface area is 194 Å². The minimum atomic E-state index is -0.140. The summed E-state index contributed by atoms with van der Waals surface area (Å²) in [5.41, 5.74) is 1.19. The van der Waals surface area contributed by atoms with Gasteiger partial charge in [0.15, 0.2) is 0 Å². The van der Waals surface area contributed by atoms with Crippen LogP contribution in [0.25, 0.3) is 0 Å². The number of allylic oxidation sites excluding steroid dienone is 3. The second kappa shape index (κ2) is 13.2. The lowest BCUT2D eigenvalue weighted by atomic mass is 9.86. The van der Waals surface area contributed by atoms with Crippen LogP contribution >= 0.6 is 0 Å². The van der Waals surface area contributed by atoms with Crippen LogP contribution in [0.15, 0.2) is 48.6 Å². The molecule has 176 valence electrons. The molecule has 0 aliphatic heterocycles. The number of unbranched alkanes of at least 4 members (excludes halogenated alkanes) is 1. The van der Waals surface area contributed by atoms with Crippen molar-refractivity contribution in [2.45, 2.75) is 72.8 Å². The molecule has 1 aliphatic carbocycles. The number of esters is 1. The van der Waals surface area contributed by atoms with Crippen LogP contribution in [0.4, 0.5) is 0 Å². The van der Waals surface area contributed by atoms with Crippen molar-refractivity contribution in [3.8, 4) is 5.75 Å². The molecule has 0 spiro atoms. The van der Waals surface area contributed by atoms with Crippen molar-refractivity contribution in [1.82, 2.24) is 0 Å². The van der Waals surface area contributed by atoms with E-state index in [1.807, 2.05) is 32.0 Å². The van der Waals surface area contributed by atoms with Crippen LogP contribution < -0.4 is 4.74 Å². The molecule has 0 aromatic heterocycles. The van der Waals surface area contributed by atoms with Gasteiger partial charge in [-0.15, -0.1) is 0 Å². The Morgan fingerprint density at radius 1 is 1.22 bits per heavy atom. The molecule has 1 saturated carbocycles. The number of benzene rings is 1. The topological polar surface area (TPSA) is 52.6 Å². The normalized spacial score (nSPS) is 22.2. The summed E-state index contributed by atoms with van der Waals surface area (Å²) < 4.78 is 11.1. The number of rotatable bonds is 12. The lowest BCUT2D eigenvalue weighted by molar-refractivity contribution is -0.147. The van der Waals surface area contributed by atoms with Crippen molar-refractivity contribution >= 4 is 11.8 Å². The minimum Gasteiger partial charge on any atom is -0.493 e. The maximum absolute atomic E-state index is 12.5. The molecule has 1 aromatic carbocycles. The maximum Gasteiger partial charge on any atom is 0.306 e. The molecule has 4 atom stereocenters. The first-order valence-corrected chi connectivity index (χ1v) is 12.0. The molecular weight excluding hydrogens is 400 g/mol. The van der Waals surface area contributed by atoms with Gasteiger partial charge in [-0.2, -0.15) is 0 Å². The van der Waals surface area contributed by atoms with Gasteiger partial charge in [-0.1, -0.05) is 50.3 Å². The predicted molar refractivity (Wildman–Crippen MR) is 130 cm³/mol. The summed E-state index contributed by atoms with van der Waals surface area (Å²) in [4.78, 5) is 24.1. The SMILES string of the molecule is Cc1cccc(OC[C@H](C)/C=C/[C@H]2[C@H](C)CC(=O)[C@@H]2C/C=C\CCCC(=O)OC(C)C)c1. The molecule has 0 bridgehead atoms. The number of ketones is 1. The van der Waals surface area contributed by atoms with E-state index in [9.17, 15) is 9.59 Å². The lowest BCUT2D eigenvalue weighted by Gasteiger charge is -2.18. The Morgan fingerprint density at radius 2 is 2.00 bits per heavy atom. The van der Waals surface area contributed by atoms with Crippen LogP contribution in [-0.4, -0.2) is 24.5 Å². The van der Waals surface area contributed by atoms with Crippen LogP contribution in [0.1, 0.15) is 65.4 Å². The third-order valence-electron chi connectivity index (χ3n) is 5.90. The highest BCUT2D eigenvalue weighted by Crippen LogP contribution is 2.37. The van der Waals surface area contributed by atoms with Crippen LogP contribution in [0.2, 0.25) is 0 Å². The summed E-state index contributed by atoms with van der Waals surface area (Å²) in [6, 6.07) is 8.09. The van der Waals surface area contributed by atoms with Gasteiger partial charge in [-0.25, -0.2) is 0 Å². The fourth-order valence-electron chi connectivity index (χ4n) is 4.18. The Kier molecular flexibility index (Phi) is 10.7. The summed E-state index contributed by atoms with van der Waals surface area (Å²) in [7, 11) is 0. The highest BCUT2D eigenvalue weighted by Gasteiger charge is 2.37. The van der Waals surface area contributed by atoms with Crippen molar-refractivity contribution in [1.29, 1.82) is 0 Å². The second-order valence-electron chi connectivity index (χ2n) is 9.46. The number of Topliss-reactive ketones (excluding diaryl/α,β-unsaturated/α-hetero) is 1. The molecule has 0 heterocycles. The van der Waals surface area contributed by atoms with Crippen molar-refractivity contribution in [3.63, 3.8) is 0 Å². The van der Waals surface area contributed by atoms with Crippen molar-refractivity contribution in [3.05, 3.63) is 54.1 Å². The van der Waals surface area contributed by atoms with E-state index in [1.54, 1.807) is 0 Å². The third kappa shape index (κ3) is 9.02. The van der Waals surface area contributed by atoms with Gasteiger partial charge in [0.25, 0.3) is 0 Å². The first-order valence-electron chi connectivity index (χ1n) is 12.0. The highest BCUT2D eigenvalue weighted by atomic mass is 16.5. The van der Waals surface area contributed by atoms with Gasteiger partial charge in [-0.3, -0.25) is 9.59 Å². The van der Waals surface area contributed by atoms with Crippen LogP contribution in [-0.2, 0) is 14.3 Å². The first kappa shape index (κ1) is 25.9. The van der Waals surface area contributed by atoms with Crippen LogP contribution in [0.5, 0.6) is 5.75 Å². The number of carbonyl (C=O) groups is 2. The molecule has 32 heavy (non-hydrogen) atoms. The van der Waals surface area contributed by atoms with Gasteiger partial charge < -0.3 is 9.47 Å². The van der Waals surface area contributed by atoms with E-state index >= 15 is 0 Å². The zero-order valence-corrected chi connectivity index (χ0v) is 20.4. The molecule has 1 aliphatic rings. The van der Waals surface area contributed by atoms with Gasteiger partial charge in [0.2, 0.25) is 0 Å². The number of ether oxygens (including phenoxy) is 2. The number of carbonyl (C=O) groups excluding carboxylic acids is 2. The summed E-state index contributed by atoms with van der Waals surface area (Å²) in [6.07, 6.45) is 12.1. The molecular formula is C28H40O4. The zero-order valence-electron chi connectivity index (χ0n) is 20.4. The van der Waals surface area contributed by atoms with E-state index in [4.69, 9.17) is 9.47 Å². The zero-order chi connectivity index (χ0) is 23.5. The van der Waals surface area contributed by atoms with Gasteiger partial charge in [0.1, 0.15) is 11.5 Å². The summed E-state index contributed by atoms with van der Waals surface area (Å²) in [5.74, 6) is 2.09. The number of hydrogen-bond donors (Lipinski definition) is 0. The van der Waals surface area contributed by atoms with Gasteiger partial charge in [-0.05, 0) is 69.6 Å². The molecule has 0 N–H and O–H groups in total. The molecule has 0 saturated heterocycles. The van der Waals surface area contributed by atoms with E-state index in [2.05, 4.69) is 51.1 Å². The molecule has 0 radical (unpaired) electrons. The summed E-state index contributed by atoms with van der Waals surface area (Å²) >= 11 is 0. The molecule has 4 nitrogen and oxygen atoms in total. The van der Waals surface area contributed by atoms with E-state index < -0.39 is 0 Å². The molecule has 0 amide bonds. The fraction of sp³-hybridized carbons (Fsp3) is 0.571. The average molecular weight is 441 g/mol. The molecule has 0 unspecified atom stereocenters. The standard InChI is InChI=1S/C28H40O4/c1-20(2)32-28(30)14-9-7-6-8-13-26-25(23(5)18-27(26)29)16-15-22(4)19-31-24-12-10-11-21(3)17-24/h6,8,10-12,15-17,20,22-23,25-26H,7,9,13-14,18-19H2,1-5H3/b8-6-,16-15+/t22-,23-,25+,26-/m1/s1. The quantitative estimate of drug-likeness (QED) is 0.212. The Bertz CT molecular complexity index is 792. The predicted octanol–water partition coefficient (Wildman–Crippen LogP) is 6.48. The first-order chi connectivity index (χ1) is 15.3. The largest absolute Gasteiger partial charge is 0.493 e. The Morgan fingerprint density at radius 3 is 2.72 bits per heavy atom. The van der Waals surface area contributed by atoms with Gasteiger partial charge >= 0.3 is 5.97 Å². The van der Waals surface area contributed by atoms with Crippen molar-refractivity contribution in [2.75, 3.05) is 6.61 Å². The molecule has 1 fully saturated rings. The second-order valence-corrected chi connectivity index (χ2v) is 9.46. The summed E-state index contributed by atoms with van der Waals surface area (Å²) in [6.45, 7) is 10.7. The monoisotopic (exact) mass is 440 g/mol. The van der Waals surface area contributed by atoms with E-state index in [1.165, 1.54) is 5.56 Å². The van der Waals surface area contributed by atoms with Crippen LogP contribution in [0.3, 0.4) is 0 Å². The van der Waals surface area contributed by atoms with Gasteiger partial charge in [0, 0.05) is 24.7 Å². The third-order valence-corrected chi connectivity index (χ3v) is 5.90. The smallest absolute Gasteiger partial charge is 0.306 e. The maximum atomic E-state index is 12.5. The lowest BCUT2D eigenvalue weighted by Crippen LogP contribution is -2.15. The molecule has 1 aromatic rings. The Balaban J connectivity index is 1.79. The number of hydrogen-bond acceptors (Lipinski definition) is 4. The van der Waals surface area contributed by atoms with Crippen LogP contribution in [0, 0.1) is 30.6 Å². The highest BCUT2D eigenvalue weighted by molar-refractivity contribution is 5.84. The fourth-order valence-corrected chi connectivity index (χ4v) is 4.18. The van der Waals surface area contributed by atoms with Crippen molar-refractivity contribution in [2.24, 2.45) is 23.7 Å². The minimum absolute atomic E-state index is 0.0493. The van der Waals surface area contributed by atoms with Gasteiger partial charge in [0.05, 0.1) is 12.7 Å². The van der Waals surface area contributed by atoms with E-state index in [0.29, 0.717) is 31.1 Å². The number of aryl methyl sites for hydroxylation is 1. The van der Waals surface area contributed by atoms with E-state index in [0.717, 1.165) is 25.0 Å². The average Bonchev–Trinajstić information content (AvgIpc) is 2.99. The van der Waals surface area contributed by atoms with Crippen molar-refractivity contribution < 1.29 is 19.1 Å². The summed E-state index contributed by atoms with van der Waals surface area (Å²) in [5, 5.41) is 0. The molecule has 4 heteroatoms. The molecule has 2 rings (SSSR count).